The van der Waals surface area contributed by atoms with E-state index in [1.165, 1.54) is 12.1 Å². The summed E-state index contributed by atoms with van der Waals surface area (Å²) in [5.74, 6) is -0.0325. The Bertz CT molecular complexity index is 756. The fraction of sp³-hybridized carbons (Fsp3) is 0.167. The molecular formula is C12H12NO4SY+2. The first-order valence-corrected chi connectivity index (χ1v) is 6.62. The number of benzene rings is 2. The second kappa shape index (κ2) is 5.36. The molecule has 2 aromatic carbocycles. The molecule has 0 amide bonds. The van der Waals surface area contributed by atoms with Gasteiger partial charge in [-0.1, -0.05) is 12.1 Å². The number of hydrogen-bond acceptors (Lipinski definition) is 3. The summed E-state index contributed by atoms with van der Waals surface area (Å²) in [5, 5.41) is 10.4. The van der Waals surface area contributed by atoms with Crippen molar-refractivity contribution < 1.29 is 50.8 Å². The van der Waals surface area contributed by atoms with Crippen molar-refractivity contribution in [1.29, 1.82) is 0 Å². The Morgan fingerprint density at radius 2 is 1.74 bits per heavy atom. The van der Waals surface area contributed by atoms with Gasteiger partial charge in [-0.25, -0.2) is 0 Å². The van der Waals surface area contributed by atoms with Crippen LogP contribution in [0.2, 0.25) is 0 Å². The molecule has 0 aliphatic rings. The van der Waals surface area contributed by atoms with Crippen LogP contribution in [0.4, 0.5) is 5.69 Å². The van der Waals surface area contributed by atoms with Gasteiger partial charge in [0.1, 0.15) is 5.75 Å². The summed E-state index contributed by atoms with van der Waals surface area (Å²) in [6.07, 6.45) is 0. The van der Waals surface area contributed by atoms with Crippen LogP contribution >= 0.6 is 0 Å². The van der Waals surface area contributed by atoms with E-state index < -0.39 is 15.0 Å². The average molecular weight is 355 g/mol. The summed E-state index contributed by atoms with van der Waals surface area (Å²) >= 11 is 0. The maximum atomic E-state index is 11.3. The zero-order valence-corrected chi connectivity index (χ0v) is 14.1. The molecule has 0 heterocycles. The number of hydrogen-bond donors (Lipinski definition) is 2. The molecule has 0 unspecified atom stereocenters. The molecule has 5 nitrogen and oxygen atoms in total. The average Bonchev–Trinajstić information content (AvgIpc) is 2.24. The van der Waals surface area contributed by atoms with Gasteiger partial charge in [-0.3, -0.25) is 4.55 Å². The maximum Gasteiger partial charge on any atom is 3.00 e. The fourth-order valence-electron chi connectivity index (χ4n) is 1.94. The number of phenols is 1. The van der Waals surface area contributed by atoms with Gasteiger partial charge in [0.15, 0.2) is 0 Å². The van der Waals surface area contributed by atoms with Gasteiger partial charge in [0.2, 0.25) is 0 Å². The SMILES string of the molecule is Cc1cc2c(S(=O)(=O)O)c([NH-])ccc2c(O)c1C.[Y+3]. The van der Waals surface area contributed by atoms with E-state index in [0.717, 1.165) is 0 Å². The van der Waals surface area contributed by atoms with Crippen molar-refractivity contribution in [1.82, 2.24) is 0 Å². The molecule has 0 saturated heterocycles. The van der Waals surface area contributed by atoms with Gasteiger partial charge in [0.25, 0.3) is 10.1 Å². The Balaban J connectivity index is 0.00000180. The van der Waals surface area contributed by atoms with Crippen molar-refractivity contribution in [3.05, 3.63) is 35.1 Å². The summed E-state index contributed by atoms with van der Waals surface area (Å²) < 4.78 is 31.8. The first-order chi connectivity index (χ1) is 8.23. The fourth-order valence-corrected chi connectivity index (χ4v) is 2.73. The van der Waals surface area contributed by atoms with Gasteiger partial charge < -0.3 is 10.8 Å². The molecule has 0 spiro atoms. The molecule has 0 aliphatic carbocycles. The molecule has 0 fully saturated rings. The van der Waals surface area contributed by atoms with Gasteiger partial charge >= 0.3 is 32.7 Å². The molecule has 19 heavy (non-hydrogen) atoms. The predicted molar refractivity (Wildman–Crippen MR) is 68.9 cm³/mol. The largest absolute Gasteiger partial charge is 3.00 e. The summed E-state index contributed by atoms with van der Waals surface area (Å²) in [7, 11) is -4.51. The van der Waals surface area contributed by atoms with Crippen LogP contribution in [0.3, 0.4) is 0 Å². The topological polar surface area (TPSA) is 98.4 Å². The molecule has 0 radical (unpaired) electrons. The molecule has 96 valence electrons. The Kier molecular flexibility index (Phi) is 4.62. The van der Waals surface area contributed by atoms with Crippen molar-refractivity contribution in [2.75, 3.05) is 0 Å². The van der Waals surface area contributed by atoms with Crippen LogP contribution in [-0.4, -0.2) is 18.1 Å². The van der Waals surface area contributed by atoms with E-state index in [1.54, 1.807) is 19.9 Å². The molecule has 0 bridgehead atoms. The second-order valence-electron chi connectivity index (χ2n) is 4.18. The Hall–Kier alpha value is -0.686. The molecule has 2 aromatic rings. The van der Waals surface area contributed by atoms with Crippen LogP contribution < -0.4 is 0 Å². The Morgan fingerprint density at radius 3 is 2.26 bits per heavy atom. The van der Waals surface area contributed by atoms with Gasteiger partial charge in [-0.05, 0) is 31.0 Å². The molecule has 3 N–H and O–H groups in total. The molecular weight excluding hydrogens is 343 g/mol. The number of fused-ring (bicyclic) bond motifs is 1. The van der Waals surface area contributed by atoms with Crippen LogP contribution in [0.1, 0.15) is 11.1 Å². The van der Waals surface area contributed by atoms with Gasteiger partial charge in [0, 0.05) is 10.8 Å². The molecule has 0 atom stereocenters. The maximum absolute atomic E-state index is 11.3. The molecule has 0 saturated carbocycles. The van der Waals surface area contributed by atoms with E-state index in [2.05, 4.69) is 0 Å². The van der Waals surface area contributed by atoms with E-state index >= 15 is 0 Å². The number of phenolic OH excluding ortho intramolecular Hbond substituents is 1. The van der Waals surface area contributed by atoms with Crippen LogP contribution in [0.5, 0.6) is 5.75 Å². The summed E-state index contributed by atoms with van der Waals surface area (Å²) in [5.41, 5.74) is 8.61. The molecule has 2 rings (SSSR count). The first-order valence-electron chi connectivity index (χ1n) is 5.18. The zero-order chi connectivity index (χ0) is 13.7. The molecule has 7 heteroatoms. The van der Waals surface area contributed by atoms with Crippen LogP contribution in [0.25, 0.3) is 16.5 Å². The minimum absolute atomic E-state index is 0. The smallest absolute Gasteiger partial charge is 0.698 e. The van der Waals surface area contributed by atoms with Crippen LogP contribution in [-0.2, 0) is 42.8 Å². The molecule has 0 aliphatic heterocycles. The second-order valence-corrected chi connectivity index (χ2v) is 5.54. The van der Waals surface area contributed by atoms with E-state index in [1.807, 2.05) is 0 Å². The third kappa shape index (κ3) is 2.77. The zero-order valence-electron chi connectivity index (χ0n) is 10.4. The number of rotatable bonds is 1. The first kappa shape index (κ1) is 16.4. The van der Waals surface area contributed by atoms with E-state index in [4.69, 9.17) is 5.73 Å². The van der Waals surface area contributed by atoms with Crippen molar-refractivity contribution >= 4 is 26.6 Å². The van der Waals surface area contributed by atoms with Crippen LogP contribution in [0.15, 0.2) is 23.1 Å². The van der Waals surface area contributed by atoms with Gasteiger partial charge in [-0.2, -0.15) is 8.42 Å². The Labute approximate surface area is 136 Å². The van der Waals surface area contributed by atoms with Crippen molar-refractivity contribution in [2.45, 2.75) is 18.7 Å². The minimum atomic E-state index is -4.51. The van der Waals surface area contributed by atoms with E-state index in [9.17, 15) is 18.1 Å². The quantitative estimate of drug-likeness (QED) is 0.768. The van der Waals surface area contributed by atoms with Crippen molar-refractivity contribution in [3.63, 3.8) is 0 Å². The predicted octanol–water partition coefficient (Wildman–Crippen LogP) is 3.09. The van der Waals surface area contributed by atoms with Crippen molar-refractivity contribution in [2.24, 2.45) is 0 Å². The van der Waals surface area contributed by atoms with E-state index in [-0.39, 0.29) is 49.5 Å². The normalized spacial score (nSPS) is 11.3. The third-order valence-corrected chi connectivity index (χ3v) is 3.97. The van der Waals surface area contributed by atoms with Gasteiger partial charge in [-0.15, -0.1) is 5.69 Å². The number of aryl methyl sites for hydroxylation is 1. The standard InChI is InChI=1S/C12H12NO4S.Y/c1-6-5-9-8(11(14)7(6)2)3-4-10(13)12(9)18(15,16)17;/h3-5,13-14H,1-2H3,(H,15,16,17);/q-1;+3. The summed E-state index contributed by atoms with van der Waals surface area (Å²) in [6, 6.07) is 4.25. The molecule has 0 aromatic heterocycles. The Morgan fingerprint density at radius 1 is 1.16 bits per heavy atom. The van der Waals surface area contributed by atoms with Crippen molar-refractivity contribution in [3.8, 4) is 5.75 Å². The van der Waals surface area contributed by atoms with E-state index in [0.29, 0.717) is 16.5 Å². The van der Waals surface area contributed by atoms with Crippen LogP contribution in [0, 0.1) is 13.8 Å². The summed E-state index contributed by atoms with van der Waals surface area (Å²) in [6.45, 7) is 3.44. The third-order valence-electron chi connectivity index (χ3n) is 3.02. The number of aromatic hydroxyl groups is 1. The summed E-state index contributed by atoms with van der Waals surface area (Å²) in [4.78, 5) is -0.474. The number of nitrogens with one attached hydrogen (secondary N) is 1. The van der Waals surface area contributed by atoms with Gasteiger partial charge in [0.05, 0.1) is 4.90 Å². The monoisotopic (exact) mass is 355 g/mol. The minimum Gasteiger partial charge on any atom is -0.698 e.